The Morgan fingerprint density at radius 3 is 2.44 bits per heavy atom. The van der Waals surface area contributed by atoms with Crippen LogP contribution in [-0.2, 0) is 21.4 Å². The number of benzene rings is 3. The molecule has 0 aliphatic heterocycles. The summed E-state index contributed by atoms with van der Waals surface area (Å²) in [5.74, 6) is -0.139. The molecular formula is C22H19FN6O4S. The zero-order valence-electron chi connectivity index (χ0n) is 17.8. The lowest BCUT2D eigenvalue weighted by atomic mass is 10.2. The second-order valence-corrected chi connectivity index (χ2v) is 8.71. The summed E-state index contributed by atoms with van der Waals surface area (Å²) >= 11 is 0. The molecule has 0 aliphatic rings. The van der Waals surface area contributed by atoms with Gasteiger partial charge in [0, 0.05) is 11.3 Å². The summed E-state index contributed by atoms with van der Waals surface area (Å²) in [6.07, 6.45) is 0. The van der Waals surface area contributed by atoms with Gasteiger partial charge in [-0.05, 0) is 65.9 Å². The summed E-state index contributed by atoms with van der Waals surface area (Å²) in [5, 5.41) is 14.7. The smallest absolute Gasteiger partial charge is 0.261 e. The molecule has 0 saturated heterocycles. The summed E-state index contributed by atoms with van der Waals surface area (Å²) in [6, 6.07) is 17.7. The molecule has 1 amide bonds. The SMILES string of the molecule is COc1ccc(NC(=O)Cn2nnc(-c3ccccc3NS(=O)(=O)c3ccc(F)cc3)n2)cc1. The molecule has 0 radical (unpaired) electrons. The molecule has 1 aromatic heterocycles. The lowest BCUT2D eigenvalue weighted by Crippen LogP contribution is -2.20. The molecule has 0 spiro atoms. The summed E-state index contributed by atoms with van der Waals surface area (Å²) in [5.41, 5.74) is 1.13. The van der Waals surface area contributed by atoms with Crippen LogP contribution in [0.15, 0.2) is 77.7 Å². The number of para-hydroxylation sites is 1. The average molecular weight is 482 g/mol. The Morgan fingerprint density at radius 1 is 1.03 bits per heavy atom. The van der Waals surface area contributed by atoms with Gasteiger partial charge in [0.25, 0.3) is 10.0 Å². The second kappa shape index (κ2) is 9.67. The molecule has 0 aliphatic carbocycles. The van der Waals surface area contributed by atoms with Crippen molar-refractivity contribution in [2.75, 3.05) is 17.1 Å². The summed E-state index contributed by atoms with van der Waals surface area (Å²) in [6.45, 7) is -0.206. The third-order valence-corrected chi connectivity index (χ3v) is 6.03. The van der Waals surface area contributed by atoms with E-state index >= 15 is 0 Å². The summed E-state index contributed by atoms with van der Waals surface area (Å²) in [4.78, 5) is 13.3. The van der Waals surface area contributed by atoms with Crippen LogP contribution in [0.5, 0.6) is 5.75 Å². The predicted molar refractivity (Wildman–Crippen MR) is 122 cm³/mol. The Labute approximate surface area is 194 Å². The van der Waals surface area contributed by atoms with E-state index in [1.165, 1.54) is 6.07 Å². The fraction of sp³-hybridized carbons (Fsp3) is 0.0909. The number of amides is 1. The highest BCUT2D eigenvalue weighted by Crippen LogP contribution is 2.27. The standard InChI is InChI=1S/C22H19FN6O4S/c1-33-17-10-8-16(9-11-17)24-21(30)14-29-26-22(25-28-29)19-4-2-3-5-20(19)27-34(31,32)18-12-6-15(23)7-13-18/h2-13,27H,14H2,1H3,(H,24,30). The summed E-state index contributed by atoms with van der Waals surface area (Å²) < 4.78 is 46.1. The largest absolute Gasteiger partial charge is 0.497 e. The number of hydrogen-bond acceptors (Lipinski definition) is 7. The van der Waals surface area contributed by atoms with E-state index in [4.69, 9.17) is 4.74 Å². The molecule has 10 nitrogen and oxygen atoms in total. The fourth-order valence-corrected chi connectivity index (χ4v) is 4.09. The Bertz CT molecular complexity index is 1410. The molecule has 12 heteroatoms. The number of halogens is 1. The third kappa shape index (κ3) is 5.35. The van der Waals surface area contributed by atoms with Gasteiger partial charge in [0.2, 0.25) is 11.7 Å². The number of aromatic nitrogens is 4. The number of rotatable bonds is 8. The van der Waals surface area contributed by atoms with Crippen molar-refractivity contribution < 1.29 is 22.3 Å². The lowest BCUT2D eigenvalue weighted by Gasteiger charge is -2.10. The number of carbonyl (C=O) groups excluding carboxylic acids is 1. The molecule has 4 aromatic rings. The second-order valence-electron chi connectivity index (χ2n) is 7.03. The Morgan fingerprint density at radius 2 is 1.74 bits per heavy atom. The van der Waals surface area contributed by atoms with Crippen LogP contribution in [0.4, 0.5) is 15.8 Å². The van der Waals surface area contributed by atoms with Gasteiger partial charge in [0.1, 0.15) is 18.1 Å². The van der Waals surface area contributed by atoms with Gasteiger partial charge < -0.3 is 10.1 Å². The number of nitrogens with one attached hydrogen (secondary N) is 2. The van der Waals surface area contributed by atoms with Crippen molar-refractivity contribution in [3.05, 3.63) is 78.6 Å². The molecule has 0 fully saturated rings. The van der Waals surface area contributed by atoms with Crippen molar-refractivity contribution >= 4 is 27.3 Å². The molecular weight excluding hydrogens is 463 g/mol. The average Bonchev–Trinajstić information content (AvgIpc) is 3.28. The molecule has 2 N–H and O–H groups in total. The highest BCUT2D eigenvalue weighted by Gasteiger charge is 2.19. The highest BCUT2D eigenvalue weighted by atomic mass is 32.2. The minimum Gasteiger partial charge on any atom is -0.497 e. The van der Waals surface area contributed by atoms with E-state index in [9.17, 15) is 17.6 Å². The first-order valence-corrected chi connectivity index (χ1v) is 11.4. The van der Waals surface area contributed by atoms with Crippen molar-refractivity contribution in [3.63, 3.8) is 0 Å². The van der Waals surface area contributed by atoms with Crippen LogP contribution >= 0.6 is 0 Å². The predicted octanol–water partition coefficient (Wildman–Crippen LogP) is 2.93. The zero-order chi connectivity index (χ0) is 24.1. The Hall–Kier alpha value is -4.32. The number of anilines is 2. The van der Waals surface area contributed by atoms with Crippen molar-refractivity contribution in [1.82, 2.24) is 20.2 Å². The Kier molecular flexibility index (Phi) is 6.50. The summed E-state index contributed by atoms with van der Waals surface area (Å²) in [7, 11) is -2.44. The maximum absolute atomic E-state index is 13.2. The molecule has 0 saturated carbocycles. The van der Waals surface area contributed by atoms with Gasteiger partial charge in [-0.2, -0.15) is 4.80 Å². The quantitative estimate of drug-likeness (QED) is 0.395. The van der Waals surface area contributed by atoms with Crippen LogP contribution in [0.2, 0.25) is 0 Å². The number of methoxy groups -OCH3 is 1. The maximum atomic E-state index is 13.2. The van der Waals surface area contributed by atoms with Gasteiger partial charge in [-0.15, -0.1) is 10.2 Å². The highest BCUT2D eigenvalue weighted by molar-refractivity contribution is 7.92. The van der Waals surface area contributed by atoms with Crippen LogP contribution in [0, 0.1) is 5.82 Å². The van der Waals surface area contributed by atoms with E-state index in [1.807, 2.05) is 0 Å². The molecule has 0 unspecified atom stereocenters. The first-order chi connectivity index (χ1) is 16.3. The monoisotopic (exact) mass is 482 g/mol. The van der Waals surface area contributed by atoms with Crippen molar-refractivity contribution in [2.45, 2.75) is 11.4 Å². The van der Waals surface area contributed by atoms with Crippen LogP contribution in [0.25, 0.3) is 11.4 Å². The minimum atomic E-state index is -3.98. The van der Waals surface area contributed by atoms with Crippen molar-refractivity contribution in [3.8, 4) is 17.1 Å². The minimum absolute atomic E-state index is 0.101. The number of nitrogens with zero attached hydrogens (tertiary/aromatic N) is 4. The number of tetrazole rings is 1. The number of hydrogen-bond donors (Lipinski definition) is 2. The molecule has 1 heterocycles. The first kappa shape index (κ1) is 22.9. The number of carbonyl (C=O) groups is 1. The molecule has 174 valence electrons. The molecule has 3 aromatic carbocycles. The normalized spacial score (nSPS) is 11.1. The third-order valence-electron chi connectivity index (χ3n) is 4.65. The number of sulfonamides is 1. The zero-order valence-corrected chi connectivity index (χ0v) is 18.7. The Balaban J connectivity index is 1.49. The fourth-order valence-electron chi connectivity index (χ4n) is 3.01. The molecule has 34 heavy (non-hydrogen) atoms. The van der Waals surface area contributed by atoms with E-state index < -0.39 is 15.8 Å². The van der Waals surface area contributed by atoms with E-state index in [1.54, 1.807) is 49.6 Å². The van der Waals surface area contributed by atoms with E-state index in [0.29, 0.717) is 17.0 Å². The first-order valence-electron chi connectivity index (χ1n) is 9.93. The van der Waals surface area contributed by atoms with Crippen molar-refractivity contribution in [1.29, 1.82) is 0 Å². The van der Waals surface area contributed by atoms with Gasteiger partial charge >= 0.3 is 0 Å². The number of ether oxygens (including phenoxy) is 1. The molecule has 0 atom stereocenters. The maximum Gasteiger partial charge on any atom is 0.261 e. The van der Waals surface area contributed by atoms with E-state index in [0.717, 1.165) is 29.1 Å². The van der Waals surface area contributed by atoms with Crippen LogP contribution < -0.4 is 14.8 Å². The topological polar surface area (TPSA) is 128 Å². The van der Waals surface area contributed by atoms with Gasteiger partial charge in [-0.1, -0.05) is 12.1 Å². The lowest BCUT2D eigenvalue weighted by molar-refractivity contribution is -0.117. The molecule has 4 rings (SSSR count). The van der Waals surface area contributed by atoms with Gasteiger partial charge in [-0.3, -0.25) is 9.52 Å². The van der Waals surface area contributed by atoms with Crippen LogP contribution in [-0.4, -0.2) is 41.6 Å². The van der Waals surface area contributed by atoms with E-state index in [2.05, 4.69) is 25.4 Å². The van der Waals surface area contributed by atoms with Crippen molar-refractivity contribution in [2.24, 2.45) is 0 Å². The molecule has 0 bridgehead atoms. The van der Waals surface area contributed by atoms with Crippen LogP contribution in [0.3, 0.4) is 0 Å². The van der Waals surface area contributed by atoms with Gasteiger partial charge in [0.15, 0.2) is 0 Å². The van der Waals surface area contributed by atoms with Gasteiger partial charge in [0.05, 0.1) is 17.7 Å². The van der Waals surface area contributed by atoms with Crippen LogP contribution in [0.1, 0.15) is 0 Å². The van der Waals surface area contributed by atoms with E-state index in [-0.39, 0.29) is 28.9 Å². The van der Waals surface area contributed by atoms with Gasteiger partial charge in [-0.25, -0.2) is 12.8 Å².